The molecule has 2 aromatic rings. The molecule has 0 heterocycles. The van der Waals surface area contributed by atoms with Gasteiger partial charge >= 0.3 is 0 Å². The maximum Gasteiger partial charge on any atom is 0.124 e. The molecule has 0 saturated heterocycles. The molecular formula is C16H16BrFO. The molecule has 19 heavy (non-hydrogen) atoms. The fraction of sp³-hybridized carbons (Fsp3) is 0.250. The maximum absolute atomic E-state index is 13.4. The highest BCUT2D eigenvalue weighted by Gasteiger charge is 2.25. The van der Waals surface area contributed by atoms with Crippen LogP contribution in [0.3, 0.4) is 0 Å². The van der Waals surface area contributed by atoms with Gasteiger partial charge in [-0.2, -0.15) is 0 Å². The second-order valence-electron chi connectivity index (χ2n) is 5.04. The first-order valence-corrected chi connectivity index (χ1v) is 6.91. The molecule has 1 atom stereocenters. The predicted octanol–water partition coefficient (Wildman–Crippen LogP) is 4.35. The predicted molar refractivity (Wildman–Crippen MR) is 78.6 cm³/mol. The van der Waals surface area contributed by atoms with E-state index >= 15 is 0 Å². The van der Waals surface area contributed by atoms with Gasteiger partial charge in [-0.15, -0.1) is 0 Å². The summed E-state index contributed by atoms with van der Waals surface area (Å²) in [5.41, 5.74) is 1.65. The van der Waals surface area contributed by atoms with Gasteiger partial charge in [0, 0.05) is 10.9 Å². The quantitative estimate of drug-likeness (QED) is 0.890. The molecule has 0 aliphatic carbocycles. The molecular weight excluding hydrogens is 307 g/mol. The molecule has 1 unspecified atom stereocenters. The van der Waals surface area contributed by atoms with E-state index in [1.165, 1.54) is 12.1 Å². The lowest BCUT2D eigenvalue weighted by Crippen LogP contribution is -2.25. The molecule has 0 radical (unpaired) electrons. The van der Waals surface area contributed by atoms with Crippen molar-refractivity contribution in [2.75, 3.05) is 0 Å². The average Bonchev–Trinajstić information content (AvgIpc) is 2.26. The monoisotopic (exact) mass is 322 g/mol. The number of aryl methyl sites for hydroxylation is 1. The molecule has 0 fully saturated rings. The number of benzene rings is 2. The number of rotatable bonds is 3. The third kappa shape index (κ3) is 3.43. The Morgan fingerprint density at radius 3 is 2.53 bits per heavy atom. The van der Waals surface area contributed by atoms with Gasteiger partial charge in [0.05, 0.1) is 5.60 Å². The molecule has 1 nitrogen and oxygen atoms in total. The smallest absolute Gasteiger partial charge is 0.124 e. The van der Waals surface area contributed by atoms with Gasteiger partial charge < -0.3 is 5.11 Å². The summed E-state index contributed by atoms with van der Waals surface area (Å²) in [6.07, 6.45) is 0.369. The largest absolute Gasteiger partial charge is 0.385 e. The van der Waals surface area contributed by atoms with Crippen molar-refractivity contribution in [3.8, 4) is 0 Å². The molecule has 0 amide bonds. The minimum absolute atomic E-state index is 0.301. The van der Waals surface area contributed by atoms with Crippen LogP contribution < -0.4 is 0 Å². The molecule has 2 aromatic carbocycles. The number of hydrogen-bond donors (Lipinski definition) is 1. The van der Waals surface area contributed by atoms with Crippen LogP contribution in [0.15, 0.2) is 46.9 Å². The third-order valence-electron chi connectivity index (χ3n) is 3.20. The molecule has 0 aliphatic rings. The summed E-state index contributed by atoms with van der Waals surface area (Å²) in [5.74, 6) is -0.301. The normalized spacial score (nSPS) is 14.2. The van der Waals surface area contributed by atoms with Crippen molar-refractivity contribution in [3.05, 3.63) is 69.4 Å². The van der Waals surface area contributed by atoms with Crippen molar-refractivity contribution in [2.45, 2.75) is 25.9 Å². The van der Waals surface area contributed by atoms with Crippen LogP contribution in [0.1, 0.15) is 23.6 Å². The van der Waals surface area contributed by atoms with Crippen LogP contribution in [0, 0.1) is 12.7 Å². The lowest BCUT2D eigenvalue weighted by Gasteiger charge is -2.26. The van der Waals surface area contributed by atoms with E-state index < -0.39 is 5.60 Å². The van der Waals surface area contributed by atoms with Gasteiger partial charge in [0.2, 0.25) is 0 Å². The van der Waals surface area contributed by atoms with Crippen LogP contribution >= 0.6 is 15.9 Å². The summed E-state index contributed by atoms with van der Waals surface area (Å²) in [4.78, 5) is 0. The zero-order valence-electron chi connectivity index (χ0n) is 11.0. The van der Waals surface area contributed by atoms with E-state index in [4.69, 9.17) is 0 Å². The van der Waals surface area contributed by atoms with Gasteiger partial charge in [-0.1, -0.05) is 40.2 Å². The van der Waals surface area contributed by atoms with Crippen LogP contribution in [0.25, 0.3) is 0 Å². The van der Waals surface area contributed by atoms with Crippen molar-refractivity contribution in [3.63, 3.8) is 0 Å². The van der Waals surface area contributed by atoms with Crippen LogP contribution in [-0.2, 0) is 12.0 Å². The van der Waals surface area contributed by atoms with Gasteiger partial charge in [-0.3, -0.25) is 0 Å². The summed E-state index contributed by atoms with van der Waals surface area (Å²) in [6, 6.07) is 12.4. The highest BCUT2D eigenvalue weighted by Crippen LogP contribution is 2.29. The lowest BCUT2D eigenvalue weighted by molar-refractivity contribution is 0.0569. The van der Waals surface area contributed by atoms with Gasteiger partial charge in [-0.25, -0.2) is 4.39 Å². The first-order valence-electron chi connectivity index (χ1n) is 6.12. The van der Waals surface area contributed by atoms with Crippen LogP contribution in [0.2, 0.25) is 0 Å². The van der Waals surface area contributed by atoms with E-state index in [1.807, 2.05) is 37.3 Å². The Bertz CT molecular complexity index is 573. The highest BCUT2D eigenvalue weighted by atomic mass is 79.9. The number of aliphatic hydroxyl groups is 1. The Morgan fingerprint density at radius 2 is 1.89 bits per heavy atom. The van der Waals surface area contributed by atoms with Crippen LogP contribution in [0.5, 0.6) is 0 Å². The van der Waals surface area contributed by atoms with Crippen molar-refractivity contribution < 1.29 is 9.50 Å². The van der Waals surface area contributed by atoms with E-state index in [9.17, 15) is 9.50 Å². The minimum atomic E-state index is -1.02. The summed E-state index contributed by atoms with van der Waals surface area (Å²) in [7, 11) is 0. The average molecular weight is 323 g/mol. The van der Waals surface area contributed by atoms with Crippen molar-refractivity contribution in [1.82, 2.24) is 0 Å². The molecule has 0 bridgehead atoms. The Hall–Kier alpha value is -1.19. The second-order valence-corrected chi connectivity index (χ2v) is 5.96. The van der Waals surface area contributed by atoms with E-state index in [1.54, 1.807) is 6.92 Å². The zero-order valence-corrected chi connectivity index (χ0v) is 12.5. The minimum Gasteiger partial charge on any atom is -0.385 e. The van der Waals surface area contributed by atoms with Crippen LogP contribution in [0.4, 0.5) is 4.39 Å². The summed E-state index contributed by atoms with van der Waals surface area (Å²) in [5, 5.41) is 10.7. The Balaban J connectivity index is 2.33. The molecule has 1 N–H and O–H groups in total. The van der Waals surface area contributed by atoms with Crippen molar-refractivity contribution in [2.24, 2.45) is 0 Å². The van der Waals surface area contributed by atoms with E-state index in [0.717, 1.165) is 16.7 Å². The fourth-order valence-electron chi connectivity index (χ4n) is 2.38. The maximum atomic E-state index is 13.4. The lowest BCUT2D eigenvalue weighted by atomic mass is 9.86. The Kier molecular flexibility index (Phi) is 4.07. The molecule has 0 aliphatic heterocycles. The number of halogens is 2. The van der Waals surface area contributed by atoms with Crippen molar-refractivity contribution >= 4 is 15.9 Å². The third-order valence-corrected chi connectivity index (χ3v) is 3.65. The first kappa shape index (κ1) is 14.2. The molecule has 2 rings (SSSR count). The zero-order chi connectivity index (χ0) is 14.0. The van der Waals surface area contributed by atoms with Crippen LogP contribution in [-0.4, -0.2) is 5.11 Å². The topological polar surface area (TPSA) is 20.2 Å². The van der Waals surface area contributed by atoms with Gasteiger partial charge in [0.15, 0.2) is 0 Å². The van der Waals surface area contributed by atoms with E-state index in [-0.39, 0.29) is 5.82 Å². The Labute approximate surface area is 121 Å². The first-order chi connectivity index (χ1) is 8.88. The molecule has 0 aromatic heterocycles. The van der Waals surface area contributed by atoms with Gasteiger partial charge in [0.1, 0.15) is 5.82 Å². The number of hydrogen-bond acceptors (Lipinski definition) is 1. The molecule has 3 heteroatoms. The molecule has 0 spiro atoms. The standard InChI is InChI=1S/C16H16BrFO/c1-11-5-3-4-6-15(11)16(2,19)10-12-7-13(17)9-14(18)8-12/h3-9,19H,10H2,1-2H3. The summed E-state index contributed by atoms with van der Waals surface area (Å²) < 4.78 is 14.1. The molecule has 0 saturated carbocycles. The van der Waals surface area contributed by atoms with E-state index in [0.29, 0.717) is 10.9 Å². The van der Waals surface area contributed by atoms with Crippen molar-refractivity contribution in [1.29, 1.82) is 0 Å². The Morgan fingerprint density at radius 1 is 1.21 bits per heavy atom. The van der Waals surface area contributed by atoms with Gasteiger partial charge in [-0.05, 0) is 48.7 Å². The highest BCUT2D eigenvalue weighted by molar-refractivity contribution is 9.10. The SMILES string of the molecule is Cc1ccccc1C(C)(O)Cc1cc(F)cc(Br)c1. The van der Waals surface area contributed by atoms with Gasteiger partial charge in [0.25, 0.3) is 0 Å². The molecule has 100 valence electrons. The second kappa shape index (κ2) is 5.43. The van der Waals surface area contributed by atoms with E-state index in [2.05, 4.69) is 15.9 Å². The summed E-state index contributed by atoms with van der Waals surface area (Å²) in [6.45, 7) is 3.72. The summed E-state index contributed by atoms with van der Waals surface area (Å²) >= 11 is 3.27. The fourth-order valence-corrected chi connectivity index (χ4v) is 2.90.